The van der Waals surface area contributed by atoms with Crippen LogP contribution in [0.4, 0.5) is 11.4 Å². The number of amides is 1. The lowest BCUT2D eigenvalue weighted by Crippen LogP contribution is -2.33. The molecule has 1 amide bonds. The van der Waals surface area contributed by atoms with E-state index in [1.165, 1.54) is 0 Å². The second-order valence-corrected chi connectivity index (χ2v) is 6.62. The quantitative estimate of drug-likeness (QED) is 0.843. The van der Waals surface area contributed by atoms with Gasteiger partial charge in [-0.2, -0.15) is 8.42 Å². The minimum atomic E-state index is -3.82. The van der Waals surface area contributed by atoms with E-state index < -0.39 is 15.6 Å². The molecule has 1 aromatic carbocycles. The van der Waals surface area contributed by atoms with E-state index in [-0.39, 0.29) is 5.91 Å². The average Bonchev–Trinajstić information content (AvgIpc) is 2.38. The molecule has 104 valence electrons. The topological polar surface area (TPSA) is 92.5 Å². The molecule has 1 heterocycles. The number of likely N-dealkylation sites (N-methyl/N-ethyl adjacent to an activating group) is 1. The number of hydrogen-bond acceptors (Lipinski definition) is 3. The van der Waals surface area contributed by atoms with Crippen molar-refractivity contribution in [2.45, 2.75) is 26.2 Å². The van der Waals surface area contributed by atoms with E-state index in [0.29, 0.717) is 5.69 Å². The van der Waals surface area contributed by atoms with Crippen molar-refractivity contribution in [3.05, 3.63) is 23.3 Å². The number of fused-ring (bicyclic) bond motifs is 1. The number of nitrogens with two attached hydrogens (primary N) is 1. The van der Waals surface area contributed by atoms with Crippen LogP contribution in [0.5, 0.6) is 0 Å². The minimum Gasteiger partial charge on any atom is -0.314 e. The van der Waals surface area contributed by atoms with Gasteiger partial charge in [-0.05, 0) is 44.0 Å². The highest BCUT2D eigenvalue weighted by Gasteiger charge is 2.43. The van der Waals surface area contributed by atoms with Crippen LogP contribution in [-0.4, -0.2) is 21.4 Å². The van der Waals surface area contributed by atoms with Crippen molar-refractivity contribution >= 4 is 27.5 Å². The number of carbonyl (C=O) groups excluding carboxylic acids is 1. The zero-order valence-electron chi connectivity index (χ0n) is 11.3. The highest BCUT2D eigenvalue weighted by Crippen LogP contribution is 2.44. The fourth-order valence-electron chi connectivity index (χ4n) is 2.56. The molecule has 3 N–H and O–H groups in total. The van der Waals surface area contributed by atoms with E-state index in [1.807, 2.05) is 20.8 Å². The minimum absolute atomic E-state index is 0.0154. The SMILES string of the molecule is Cc1cc(NS(N)(=O)=O)cc2c1N(C)C(=O)C2(C)C. The molecule has 0 spiro atoms. The van der Waals surface area contributed by atoms with Gasteiger partial charge in [0.2, 0.25) is 5.91 Å². The van der Waals surface area contributed by atoms with Gasteiger partial charge in [-0.3, -0.25) is 9.52 Å². The molecule has 1 aromatic rings. The van der Waals surface area contributed by atoms with Gasteiger partial charge < -0.3 is 4.90 Å². The largest absolute Gasteiger partial charge is 0.314 e. The highest BCUT2D eigenvalue weighted by molar-refractivity contribution is 7.90. The smallest absolute Gasteiger partial charge is 0.296 e. The van der Waals surface area contributed by atoms with Crippen LogP contribution < -0.4 is 14.8 Å². The van der Waals surface area contributed by atoms with Crippen LogP contribution in [0.1, 0.15) is 25.0 Å². The van der Waals surface area contributed by atoms with Gasteiger partial charge in [0.1, 0.15) is 0 Å². The summed E-state index contributed by atoms with van der Waals surface area (Å²) >= 11 is 0. The van der Waals surface area contributed by atoms with E-state index in [9.17, 15) is 13.2 Å². The van der Waals surface area contributed by atoms with E-state index in [1.54, 1.807) is 24.1 Å². The molecule has 0 atom stereocenters. The molecule has 0 unspecified atom stereocenters. The molecule has 19 heavy (non-hydrogen) atoms. The normalized spacial score (nSPS) is 17.5. The van der Waals surface area contributed by atoms with E-state index >= 15 is 0 Å². The van der Waals surface area contributed by atoms with Crippen molar-refractivity contribution < 1.29 is 13.2 Å². The Bertz CT molecular complexity index is 665. The molecule has 7 heteroatoms. The maximum absolute atomic E-state index is 12.2. The number of nitrogens with one attached hydrogen (secondary N) is 1. The molecule has 2 rings (SSSR count). The first kappa shape index (κ1) is 13.8. The predicted molar refractivity (Wildman–Crippen MR) is 74.3 cm³/mol. The average molecular weight is 283 g/mol. The van der Waals surface area contributed by atoms with Crippen LogP contribution in [0.25, 0.3) is 0 Å². The Morgan fingerprint density at radius 3 is 2.42 bits per heavy atom. The number of nitrogens with zero attached hydrogens (tertiary/aromatic N) is 1. The Morgan fingerprint density at radius 2 is 1.89 bits per heavy atom. The third-order valence-electron chi connectivity index (χ3n) is 3.41. The van der Waals surface area contributed by atoms with E-state index in [0.717, 1.165) is 16.8 Å². The molecule has 6 nitrogen and oxygen atoms in total. The third-order valence-corrected chi connectivity index (χ3v) is 3.93. The lowest BCUT2D eigenvalue weighted by Gasteiger charge is -2.17. The summed E-state index contributed by atoms with van der Waals surface area (Å²) in [5.74, 6) is -0.0154. The molecule has 1 aliphatic heterocycles. The van der Waals surface area contributed by atoms with Gasteiger partial charge in [-0.25, -0.2) is 5.14 Å². The first-order chi connectivity index (χ1) is 8.54. The fourth-order valence-corrected chi connectivity index (χ4v) is 3.01. The fraction of sp³-hybridized carbons (Fsp3) is 0.417. The monoisotopic (exact) mass is 283 g/mol. The molecular formula is C12H17N3O3S. The summed E-state index contributed by atoms with van der Waals surface area (Å²) in [7, 11) is -2.11. The first-order valence-corrected chi connectivity index (χ1v) is 7.32. The number of benzene rings is 1. The summed E-state index contributed by atoms with van der Waals surface area (Å²) in [6, 6.07) is 3.32. The van der Waals surface area contributed by atoms with Crippen LogP contribution in [-0.2, 0) is 20.4 Å². The maximum Gasteiger partial charge on any atom is 0.296 e. The maximum atomic E-state index is 12.2. The molecule has 0 radical (unpaired) electrons. The van der Waals surface area contributed by atoms with Gasteiger partial charge in [-0.1, -0.05) is 0 Å². The van der Waals surface area contributed by atoms with Gasteiger partial charge in [0, 0.05) is 7.05 Å². The second kappa shape index (κ2) is 3.94. The van der Waals surface area contributed by atoms with Gasteiger partial charge in [0.15, 0.2) is 0 Å². The lowest BCUT2D eigenvalue weighted by atomic mass is 9.85. The summed E-state index contributed by atoms with van der Waals surface area (Å²) in [6.07, 6.45) is 0. The Hall–Kier alpha value is -1.60. The van der Waals surface area contributed by atoms with Gasteiger partial charge in [0.25, 0.3) is 10.2 Å². The third kappa shape index (κ3) is 2.19. The number of carbonyl (C=O) groups is 1. The molecule has 0 fully saturated rings. The van der Waals surface area contributed by atoms with E-state index in [2.05, 4.69) is 4.72 Å². The predicted octanol–water partition coefficient (Wildman–Crippen LogP) is 0.864. The molecular weight excluding hydrogens is 266 g/mol. The summed E-state index contributed by atoms with van der Waals surface area (Å²) in [5.41, 5.74) is 2.14. The van der Waals surface area contributed by atoms with Crippen LogP contribution >= 0.6 is 0 Å². The van der Waals surface area contributed by atoms with Crippen molar-refractivity contribution in [3.63, 3.8) is 0 Å². The van der Waals surface area contributed by atoms with Crippen molar-refractivity contribution in [1.29, 1.82) is 0 Å². The summed E-state index contributed by atoms with van der Waals surface area (Å²) in [6.45, 7) is 5.47. The summed E-state index contributed by atoms with van der Waals surface area (Å²) in [4.78, 5) is 13.8. The van der Waals surface area contributed by atoms with Crippen LogP contribution in [0.15, 0.2) is 12.1 Å². The van der Waals surface area contributed by atoms with Crippen LogP contribution in [0, 0.1) is 6.92 Å². The summed E-state index contributed by atoms with van der Waals surface area (Å²) in [5, 5.41) is 4.97. The van der Waals surface area contributed by atoms with Crippen molar-refractivity contribution in [1.82, 2.24) is 0 Å². The zero-order valence-corrected chi connectivity index (χ0v) is 12.1. The Morgan fingerprint density at radius 1 is 1.32 bits per heavy atom. The number of anilines is 2. The Kier molecular flexibility index (Phi) is 2.87. The molecule has 0 aliphatic carbocycles. The van der Waals surface area contributed by atoms with Crippen molar-refractivity contribution in [2.24, 2.45) is 5.14 Å². The number of rotatable bonds is 2. The van der Waals surface area contributed by atoms with Crippen molar-refractivity contribution in [3.8, 4) is 0 Å². The summed E-state index contributed by atoms with van der Waals surface area (Å²) < 4.78 is 24.4. The van der Waals surface area contributed by atoms with Crippen LogP contribution in [0.2, 0.25) is 0 Å². The van der Waals surface area contributed by atoms with Gasteiger partial charge >= 0.3 is 0 Å². The lowest BCUT2D eigenvalue weighted by molar-refractivity contribution is -0.121. The second-order valence-electron chi connectivity index (χ2n) is 5.33. The molecule has 1 aliphatic rings. The number of aryl methyl sites for hydroxylation is 1. The molecule has 0 bridgehead atoms. The van der Waals surface area contributed by atoms with Gasteiger partial charge in [0.05, 0.1) is 16.8 Å². The standard InChI is InChI=1S/C12H17N3O3S/c1-7-5-8(14-19(13,17)18)6-9-10(7)15(4)11(16)12(9,2)3/h5-6,14H,1-4H3,(H2,13,17,18). The Labute approximate surface area is 112 Å². The van der Waals surface area contributed by atoms with E-state index in [4.69, 9.17) is 5.14 Å². The zero-order chi connectivity index (χ0) is 14.6. The highest BCUT2D eigenvalue weighted by atomic mass is 32.2. The molecule has 0 saturated carbocycles. The number of hydrogen-bond donors (Lipinski definition) is 2. The first-order valence-electron chi connectivity index (χ1n) is 5.78. The van der Waals surface area contributed by atoms with Crippen molar-refractivity contribution in [2.75, 3.05) is 16.7 Å². The molecule has 0 saturated heterocycles. The van der Waals surface area contributed by atoms with Gasteiger partial charge in [-0.15, -0.1) is 0 Å². The Balaban J connectivity index is 2.63. The van der Waals surface area contributed by atoms with Crippen LogP contribution in [0.3, 0.4) is 0 Å². The molecule has 0 aromatic heterocycles.